The summed E-state index contributed by atoms with van der Waals surface area (Å²) in [6.07, 6.45) is 6.75. The average molecular weight is 349 g/mol. The zero-order valence-corrected chi connectivity index (χ0v) is 15.5. The van der Waals surface area contributed by atoms with Crippen molar-refractivity contribution >= 4 is 10.9 Å². The van der Waals surface area contributed by atoms with E-state index in [0.717, 1.165) is 44.9 Å². The molecule has 1 aromatic carbocycles. The lowest BCUT2D eigenvalue weighted by Crippen LogP contribution is -2.31. The maximum Gasteiger partial charge on any atom is 0.0703 e. The number of aromatic nitrogens is 2. The number of hydrogen-bond donors (Lipinski definition) is 0. The van der Waals surface area contributed by atoms with Crippen LogP contribution in [0.15, 0.2) is 54.9 Å². The van der Waals surface area contributed by atoms with Crippen LogP contribution < -0.4 is 0 Å². The number of rotatable bonds is 7. The number of nitrogens with zero attached hydrogens (tertiary/aromatic N) is 3. The summed E-state index contributed by atoms with van der Waals surface area (Å²) in [6, 6.07) is 15.0. The van der Waals surface area contributed by atoms with Crippen LogP contribution in [0.2, 0.25) is 0 Å². The van der Waals surface area contributed by atoms with E-state index in [0.29, 0.717) is 6.10 Å². The highest BCUT2D eigenvalue weighted by Gasteiger charge is 2.20. The van der Waals surface area contributed by atoms with Gasteiger partial charge in [0.1, 0.15) is 0 Å². The highest BCUT2D eigenvalue weighted by molar-refractivity contribution is 5.83. The van der Waals surface area contributed by atoms with E-state index in [2.05, 4.69) is 64.0 Å². The van der Waals surface area contributed by atoms with Crippen LogP contribution in [-0.2, 0) is 24.4 Å². The third-order valence-corrected chi connectivity index (χ3v) is 5.24. The summed E-state index contributed by atoms with van der Waals surface area (Å²) in [4.78, 5) is 7.01. The van der Waals surface area contributed by atoms with Gasteiger partial charge in [0.25, 0.3) is 0 Å². The topological polar surface area (TPSA) is 30.3 Å². The first-order chi connectivity index (χ1) is 12.8. The van der Waals surface area contributed by atoms with Crippen molar-refractivity contribution in [1.29, 1.82) is 0 Å². The van der Waals surface area contributed by atoms with Gasteiger partial charge in [-0.1, -0.05) is 18.2 Å². The Kier molecular flexibility index (Phi) is 5.32. The van der Waals surface area contributed by atoms with Gasteiger partial charge < -0.3 is 9.30 Å². The summed E-state index contributed by atoms with van der Waals surface area (Å²) in [6.45, 7) is 6.82. The van der Waals surface area contributed by atoms with Crippen LogP contribution in [0.25, 0.3) is 10.9 Å². The Morgan fingerprint density at radius 1 is 1.15 bits per heavy atom. The number of ether oxygens (including phenoxy) is 1. The van der Waals surface area contributed by atoms with Gasteiger partial charge in [0.15, 0.2) is 0 Å². The number of fused-ring (bicyclic) bond motifs is 1. The van der Waals surface area contributed by atoms with Crippen LogP contribution in [0.5, 0.6) is 0 Å². The first-order valence-electron chi connectivity index (χ1n) is 9.64. The van der Waals surface area contributed by atoms with E-state index in [1.54, 1.807) is 0 Å². The third kappa shape index (κ3) is 3.81. The first kappa shape index (κ1) is 17.3. The number of hydrogen-bond acceptors (Lipinski definition) is 3. The fourth-order valence-electron chi connectivity index (χ4n) is 3.92. The normalized spacial score (nSPS) is 17.4. The molecule has 4 heteroatoms. The average Bonchev–Trinajstić information content (AvgIpc) is 3.32. The zero-order valence-electron chi connectivity index (χ0n) is 15.5. The molecular weight excluding hydrogens is 322 g/mol. The molecule has 136 valence electrons. The van der Waals surface area contributed by atoms with Crippen LogP contribution in [0.1, 0.15) is 31.0 Å². The van der Waals surface area contributed by atoms with Crippen molar-refractivity contribution < 1.29 is 4.74 Å². The molecule has 3 heterocycles. The molecule has 1 unspecified atom stereocenters. The summed E-state index contributed by atoms with van der Waals surface area (Å²) in [5.74, 6) is 0. The second kappa shape index (κ2) is 8.02. The Labute approximate surface area is 155 Å². The molecular formula is C22H27N3O. The van der Waals surface area contributed by atoms with Crippen molar-refractivity contribution in [2.45, 2.75) is 45.5 Å². The molecule has 1 saturated heterocycles. The predicted octanol–water partition coefficient (Wildman–Crippen LogP) is 4.24. The van der Waals surface area contributed by atoms with Crippen molar-refractivity contribution in [2.75, 3.05) is 13.2 Å². The molecule has 0 aliphatic carbocycles. The smallest absolute Gasteiger partial charge is 0.0703 e. The van der Waals surface area contributed by atoms with E-state index in [1.165, 1.54) is 22.9 Å². The minimum Gasteiger partial charge on any atom is -0.377 e. The van der Waals surface area contributed by atoms with Crippen LogP contribution in [-0.4, -0.2) is 33.7 Å². The molecule has 2 aromatic heterocycles. The summed E-state index contributed by atoms with van der Waals surface area (Å²) in [5, 5.41) is 1.35. The maximum absolute atomic E-state index is 5.90. The van der Waals surface area contributed by atoms with E-state index < -0.39 is 0 Å². The largest absolute Gasteiger partial charge is 0.377 e. The molecule has 4 nitrogen and oxygen atoms in total. The molecule has 1 aliphatic rings. The lowest BCUT2D eigenvalue weighted by Gasteiger charge is -2.25. The number of benzene rings is 1. The van der Waals surface area contributed by atoms with Crippen molar-refractivity contribution in [2.24, 2.45) is 0 Å². The molecule has 0 bridgehead atoms. The Hall–Kier alpha value is -2.17. The number of pyridine rings is 1. The fourth-order valence-corrected chi connectivity index (χ4v) is 3.92. The molecule has 1 aliphatic heterocycles. The van der Waals surface area contributed by atoms with Crippen LogP contribution in [0, 0.1) is 0 Å². The van der Waals surface area contributed by atoms with Gasteiger partial charge in [-0.25, -0.2) is 0 Å². The van der Waals surface area contributed by atoms with Crippen LogP contribution >= 0.6 is 0 Å². The summed E-state index contributed by atoms with van der Waals surface area (Å²) >= 11 is 0. The molecule has 3 aromatic rings. The quantitative estimate of drug-likeness (QED) is 0.639. The summed E-state index contributed by atoms with van der Waals surface area (Å²) in [7, 11) is 0. The first-order valence-corrected chi connectivity index (χ1v) is 9.64. The molecule has 1 fully saturated rings. The van der Waals surface area contributed by atoms with Gasteiger partial charge in [-0.05, 0) is 49.6 Å². The molecule has 0 saturated carbocycles. The Bertz CT molecular complexity index is 837. The molecule has 4 rings (SSSR count). The van der Waals surface area contributed by atoms with Gasteiger partial charge in [-0.2, -0.15) is 0 Å². The monoisotopic (exact) mass is 349 g/mol. The van der Waals surface area contributed by atoms with Gasteiger partial charge in [0.05, 0.1) is 11.8 Å². The minimum atomic E-state index is 0.346. The lowest BCUT2D eigenvalue weighted by atomic mass is 10.1. The SMILES string of the molecule is CCn1ccc2c(CN(Cc3ccccn3)CC3CCCO3)cccc21. The fraction of sp³-hybridized carbons (Fsp3) is 0.409. The summed E-state index contributed by atoms with van der Waals surface area (Å²) in [5.41, 5.74) is 3.81. The highest BCUT2D eigenvalue weighted by atomic mass is 16.5. The minimum absolute atomic E-state index is 0.346. The summed E-state index contributed by atoms with van der Waals surface area (Å²) < 4.78 is 8.21. The van der Waals surface area contributed by atoms with E-state index in [1.807, 2.05) is 12.3 Å². The van der Waals surface area contributed by atoms with Crippen LogP contribution in [0.3, 0.4) is 0 Å². The second-order valence-electron chi connectivity index (χ2n) is 7.08. The van der Waals surface area contributed by atoms with Gasteiger partial charge in [-0.3, -0.25) is 9.88 Å². The predicted molar refractivity (Wildman–Crippen MR) is 105 cm³/mol. The Morgan fingerprint density at radius 3 is 2.88 bits per heavy atom. The van der Waals surface area contributed by atoms with Crippen molar-refractivity contribution in [1.82, 2.24) is 14.5 Å². The van der Waals surface area contributed by atoms with E-state index in [4.69, 9.17) is 4.74 Å². The molecule has 1 atom stereocenters. The van der Waals surface area contributed by atoms with Gasteiger partial charge in [0.2, 0.25) is 0 Å². The van der Waals surface area contributed by atoms with E-state index >= 15 is 0 Å². The molecule has 0 radical (unpaired) electrons. The van der Waals surface area contributed by atoms with Crippen molar-refractivity contribution in [3.63, 3.8) is 0 Å². The van der Waals surface area contributed by atoms with Crippen molar-refractivity contribution in [3.8, 4) is 0 Å². The lowest BCUT2D eigenvalue weighted by molar-refractivity contribution is 0.0676. The highest BCUT2D eigenvalue weighted by Crippen LogP contribution is 2.23. The van der Waals surface area contributed by atoms with Gasteiger partial charge >= 0.3 is 0 Å². The molecule has 26 heavy (non-hydrogen) atoms. The molecule has 0 N–H and O–H groups in total. The Balaban J connectivity index is 1.58. The Morgan fingerprint density at radius 2 is 2.12 bits per heavy atom. The second-order valence-corrected chi connectivity index (χ2v) is 7.08. The van der Waals surface area contributed by atoms with Gasteiger partial charge in [0, 0.05) is 56.1 Å². The van der Waals surface area contributed by atoms with Crippen LogP contribution in [0.4, 0.5) is 0 Å². The zero-order chi connectivity index (χ0) is 17.8. The van der Waals surface area contributed by atoms with Crippen molar-refractivity contribution in [3.05, 3.63) is 66.1 Å². The third-order valence-electron chi connectivity index (χ3n) is 5.24. The van der Waals surface area contributed by atoms with Gasteiger partial charge in [-0.15, -0.1) is 0 Å². The van der Waals surface area contributed by atoms with E-state index in [9.17, 15) is 0 Å². The maximum atomic E-state index is 5.90. The van der Waals surface area contributed by atoms with E-state index in [-0.39, 0.29) is 0 Å². The number of aryl methyl sites for hydroxylation is 1. The molecule has 0 amide bonds. The molecule has 0 spiro atoms. The standard InChI is InChI=1S/C22H27N3O/c1-2-25-13-11-21-18(7-5-10-22(21)25)15-24(17-20-9-6-14-26-20)16-19-8-3-4-12-23-19/h3-5,7-8,10-13,20H,2,6,9,14-17H2,1H3.